The van der Waals surface area contributed by atoms with Gasteiger partial charge in [-0.2, -0.15) is 0 Å². The number of aliphatic carboxylic acids is 1. The van der Waals surface area contributed by atoms with Gasteiger partial charge in [-0.15, -0.1) is 0 Å². The largest absolute Gasteiger partial charge is 0.481 e. The number of carboxylic acids is 1. The highest BCUT2D eigenvalue weighted by Crippen LogP contribution is 2.20. The minimum atomic E-state index is -0.744. The smallest absolute Gasteiger partial charge is 0.306 e. The molecule has 0 radical (unpaired) electrons. The molecule has 1 aliphatic heterocycles. The van der Waals surface area contributed by atoms with Crippen LogP contribution in [0.5, 0.6) is 0 Å². The van der Waals surface area contributed by atoms with E-state index in [-0.39, 0.29) is 17.9 Å². The normalized spacial score (nSPS) is 18.1. The Hall–Kier alpha value is -2.08. The summed E-state index contributed by atoms with van der Waals surface area (Å²) in [7, 11) is 0. The van der Waals surface area contributed by atoms with Crippen LogP contribution in [0, 0.1) is 5.92 Å². The van der Waals surface area contributed by atoms with Gasteiger partial charge in [0.2, 0.25) is 5.91 Å². The second-order valence-electron chi connectivity index (χ2n) is 5.44. The van der Waals surface area contributed by atoms with E-state index in [1.54, 1.807) is 24.3 Å². The zero-order valence-electron chi connectivity index (χ0n) is 12.1. The van der Waals surface area contributed by atoms with E-state index in [0.717, 1.165) is 0 Å². The fourth-order valence-corrected chi connectivity index (χ4v) is 2.56. The predicted molar refractivity (Wildman–Crippen MR) is 80.9 cm³/mol. The first kappa shape index (κ1) is 15.3. The van der Waals surface area contributed by atoms with Gasteiger partial charge in [-0.05, 0) is 51.1 Å². The molecule has 0 spiro atoms. The van der Waals surface area contributed by atoms with Crippen LogP contribution >= 0.6 is 0 Å². The fraction of sp³-hybridized carbons (Fsp3) is 0.467. The molecule has 1 amide bonds. The van der Waals surface area contributed by atoms with Gasteiger partial charge in [0.15, 0.2) is 0 Å². The number of amides is 1. The second-order valence-corrected chi connectivity index (χ2v) is 5.44. The van der Waals surface area contributed by atoms with E-state index >= 15 is 0 Å². The van der Waals surface area contributed by atoms with Gasteiger partial charge in [-0.1, -0.05) is 6.07 Å². The van der Waals surface area contributed by atoms with Crippen LogP contribution in [0.1, 0.15) is 19.8 Å². The number of hydrogen-bond donors (Lipinski definition) is 3. The maximum absolute atomic E-state index is 12.2. The van der Waals surface area contributed by atoms with E-state index in [4.69, 9.17) is 10.8 Å². The molecule has 1 aromatic carbocycles. The molecular formula is C15H21N3O3. The molecule has 0 saturated carbocycles. The van der Waals surface area contributed by atoms with E-state index in [1.165, 1.54) is 0 Å². The van der Waals surface area contributed by atoms with E-state index < -0.39 is 5.97 Å². The number of nitrogens with zero attached hydrogens (tertiary/aromatic N) is 1. The minimum Gasteiger partial charge on any atom is -0.481 e. The number of piperidine rings is 1. The molecule has 6 nitrogen and oxygen atoms in total. The molecule has 1 unspecified atom stereocenters. The zero-order chi connectivity index (χ0) is 15.4. The Morgan fingerprint density at radius 3 is 2.62 bits per heavy atom. The monoisotopic (exact) mass is 291 g/mol. The topological polar surface area (TPSA) is 95.7 Å². The second kappa shape index (κ2) is 6.58. The van der Waals surface area contributed by atoms with Gasteiger partial charge in [-0.25, -0.2) is 0 Å². The van der Waals surface area contributed by atoms with Crippen LogP contribution in [-0.4, -0.2) is 41.0 Å². The van der Waals surface area contributed by atoms with Crippen molar-refractivity contribution in [1.82, 2.24) is 4.90 Å². The Bertz CT molecular complexity index is 525. The van der Waals surface area contributed by atoms with Gasteiger partial charge in [0, 0.05) is 11.4 Å². The summed E-state index contributed by atoms with van der Waals surface area (Å²) in [5, 5.41) is 11.8. The Labute approximate surface area is 123 Å². The highest BCUT2D eigenvalue weighted by molar-refractivity contribution is 5.94. The van der Waals surface area contributed by atoms with Gasteiger partial charge in [0.1, 0.15) is 0 Å². The van der Waals surface area contributed by atoms with Gasteiger partial charge in [0.05, 0.1) is 12.0 Å². The number of carbonyl (C=O) groups excluding carboxylic acids is 1. The Kier molecular flexibility index (Phi) is 4.80. The Balaban J connectivity index is 1.90. The van der Waals surface area contributed by atoms with E-state index in [0.29, 0.717) is 37.3 Å². The van der Waals surface area contributed by atoms with Crippen molar-refractivity contribution < 1.29 is 14.7 Å². The summed E-state index contributed by atoms with van der Waals surface area (Å²) in [4.78, 5) is 25.2. The first-order chi connectivity index (χ1) is 9.97. The summed E-state index contributed by atoms with van der Waals surface area (Å²) in [6.45, 7) is 3.09. The third kappa shape index (κ3) is 3.95. The van der Waals surface area contributed by atoms with Crippen LogP contribution in [0.3, 0.4) is 0 Å². The van der Waals surface area contributed by atoms with Crippen LogP contribution in [-0.2, 0) is 9.59 Å². The highest BCUT2D eigenvalue weighted by atomic mass is 16.4. The van der Waals surface area contributed by atoms with Gasteiger partial charge < -0.3 is 16.2 Å². The number of nitrogens with one attached hydrogen (secondary N) is 1. The number of nitrogen functional groups attached to an aromatic ring is 1. The number of nitrogens with two attached hydrogens (primary N) is 1. The SMILES string of the molecule is CC(C(=O)Nc1cccc(N)c1)N1CCC(C(=O)O)CC1. The molecule has 1 aromatic rings. The third-order valence-electron chi connectivity index (χ3n) is 3.96. The lowest BCUT2D eigenvalue weighted by Crippen LogP contribution is -2.46. The zero-order valence-corrected chi connectivity index (χ0v) is 12.1. The first-order valence-electron chi connectivity index (χ1n) is 7.10. The molecule has 1 atom stereocenters. The Morgan fingerprint density at radius 2 is 2.05 bits per heavy atom. The molecule has 0 bridgehead atoms. The quantitative estimate of drug-likeness (QED) is 0.729. The fourth-order valence-electron chi connectivity index (χ4n) is 2.56. The van der Waals surface area contributed by atoms with Crippen LogP contribution < -0.4 is 11.1 Å². The molecule has 6 heteroatoms. The summed E-state index contributed by atoms with van der Waals surface area (Å²) in [6, 6.07) is 6.75. The molecule has 1 heterocycles. The number of carbonyl (C=O) groups is 2. The lowest BCUT2D eigenvalue weighted by Gasteiger charge is -2.33. The number of carboxylic acid groups (broad SMARTS) is 1. The van der Waals surface area contributed by atoms with E-state index in [2.05, 4.69) is 5.32 Å². The van der Waals surface area contributed by atoms with Crippen molar-refractivity contribution in [3.05, 3.63) is 24.3 Å². The van der Waals surface area contributed by atoms with Crippen molar-refractivity contribution in [3.8, 4) is 0 Å². The molecule has 1 saturated heterocycles. The van der Waals surface area contributed by atoms with Crippen molar-refractivity contribution in [1.29, 1.82) is 0 Å². The van der Waals surface area contributed by atoms with Crippen molar-refractivity contribution in [3.63, 3.8) is 0 Å². The highest BCUT2D eigenvalue weighted by Gasteiger charge is 2.29. The average molecular weight is 291 g/mol. The molecule has 0 aromatic heterocycles. The molecule has 2 rings (SSSR count). The van der Waals surface area contributed by atoms with Gasteiger partial charge in [0.25, 0.3) is 0 Å². The van der Waals surface area contributed by atoms with E-state index in [9.17, 15) is 9.59 Å². The lowest BCUT2D eigenvalue weighted by molar-refractivity contribution is -0.143. The van der Waals surface area contributed by atoms with Crippen LogP contribution in [0.4, 0.5) is 11.4 Å². The standard InChI is InChI=1S/C15H21N3O3/c1-10(18-7-5-11(6-8-18)15(20)21)14(19)17-13-4-2-3-12(16)9-13/h2-4,9-11H,5-8,16H2,1H3,(H,17,19)(H,20,21). The van der Waals surface area contributed by atoms with Gasteiger partial charge >= 0.3 is 5.97 Å². The summed E-state index contributed by atoms with van der Waals surface area (Å²) < 4.78 is 0. The van der Waals surface area contributed by atoms with Crippen molar-refractivity contribution >= 4 is 23.3 Å². The molecule has 114 valence electrons. The number of anilines is 2. The average Bonchev–Trinajstić information content (AvgIpc) is 2.46. The summed E-state index contributed by atoms with van der Waals surface area (Å²) in [5.41, 5.74) is 6.95. The van der Waals surface area contributed by atoms with Crippen molar-refractivity contribution in [2.75, 3.05) is 24.1 Å². The maximum atomic E-state index is 12.2. The Morgan fingerprint density at radius 1 is 1.38 bits per heavy atom. The maximum Gasteiger partial charge on any atom is 0.306 e. The van der Waals surface area contributed by atoms with Gasteiger partial charge in [-0.3, -0.25) is 14.5 Å². The van der Waals surface area contributed by atoms with Crippen LogP contribution in [0.15, 0.2) is 24.3 Å². The predicted octanol–water partition coefficient (Wildman–Crippen LogP) is 1.39. The van der Waals surface area contributed by atoms with Crippen molar-refractivity contribution in [2.24, 2.45) is 5.92 Å². The molecule has 0 aliphatic carbocycles. The van der Waals surface area contributed by atoms with E-state index in [1.807, 2.05) is 11.8 Å². The minimum absolute atomic E-state index is 0.102. The van der Waals surface area contributed by atoms with Crippen LogP contribution in [0.2, 0.25) is 0 Å². The number of hydrogen-bond acceptors (Lipinski definition) is 4. The number of rotatable bonds is 4. The first-order valence-corrected chi connectivity index (χ1v) is 7.10. The summed E-state index contributed by atoms with van der Waals surface area (Å²) in [5.74, 6) is -1.13. The molecule has 21 heavy (non-hydrogen) atoms. The summed E-state index contributed by atoms with van der Waals surface area (Å²) in [6.07, 6.45) is 1.18. The molecule has 1 aliphatic rings. The lowest BCUT2D eigenvalue weighted by atomic mass is 9.96. The summed E-state index contributed by atoms with van der Waals surface area (Å²) >= 11 is 0. The molecule has 1 fully saturated rings. The van der Waals surface area contributed by atoms with Crippen LogP contribution in [0.25, 0.3) is 0 Å². The number of benzene rings is 1. The number of likely N-dealkylation sites (tertiary alicyclic amines) is 1. The molecular weight excluding hydrogens is 270 g/mol. The molecule has 4 N–H and O–H groups in total. The van der Waals surface area contributed by atoms with Crippen molar-refractivity contribution in [2.45, 2.75) is 25.8 Å². The third-order valence-corrected chi connectivity index (χ3v) is 3.96.